The summed E-state index contributed by atoms with van der Waals surface area (Å²) >= 11 is 1.29. The highest BCUT2D eigenvalue weighted by Crippen LogP contribution is 2.13. The summed E-state index contributed by atoms with van der Waals surface area (Å²) in [7, 11) is 0. The Morgan fingerprint density at radius 1 is 1.17 bits per heavy atom. The van der Waals surface area contributed by atoms with E-state index in [-0.39, 0.29) is 11.8 Å². The second kappa shape index (κ2) is 8.35. The highest BCUT2D eigenvalue weighted by molar-refractivity contribution is 7.13. The van der Waals surface area contributed by atoms with Crippen molar-refractivity contribution < 1.29 is 14.4 Å². The van der Waals surface area contributed by atoms with Gasteiger partial charge in [0.15, 0.2) is 5.13 Å². The second-order valence-electron chi connectivity index (χ2n) is 5.68. The largest absolute Gasteiger partial charge is 0.337 e. The van der Waals surface area contributed by atoms with Gasteiger partial charge in [-0.1, -0.05) is 44.2 Å². The molecule has 6 nitrogen and oxygen atoms in total. The first-order chi connectivity index (χ1) is 11.5. The van der Waals surface area contributed by atoms with E-state index in [4.69, 9.17) is 0 Å². The average Bonchev–Trinajstić information content (AvgIpc) is 3.06. The molecule has 7 heteroatoms. The highest BCUT2D eigenvalue weighted by Gasteiger charge is 2.26. The number of ketones is 1. The van der Waals surface area contributed by atoms with Gasteiger partial charge in [0.1, 0.15) is 6.04 Å². The lowest BCUT2D eigenvalue weighted by Crippen LogP contribution is -2.47. The number of hydrogen-bond acceptors (Lipinski definition) is 5. The summed E-state index contributed by atoms with van der Waals surface area (Å²) < 4.78 is 0. The van der Waals surface area contributed by atoms with Crippen LogP contribution in [-0.4, -0.2) is 28.6 Å². The maximum atomic E-state index is 12.4. The minimum Gasteiger partial charge on any atom is -0.337 e. The predicted octanol–water partition coefficient (Wildman–Crippen LogP) is 2.50. The van der Waals surface area contributed by atoms with Crippen molar-refractivity contribution in [2.24, 2.45) is 5.92 Å². The number of anilines is 1. The number of benzene rings is 1. The molecular formula is C17H19N3O3S. The van der Waals surface area contributed by atoms with Crippen LogP contribution in [0.3, 0.4) is 0 Å². The fourth-order valence-electron chi connectivity index (χ4n) is 2.13. The Morgan fingerprint density at radius 2 is 1.88 bits per heavy atom. The molecule has 1 aromatic carbocycles. The molecule has 2 aromatic rings. The molecule has 1 heterocycles. The molecule has 1 unspecified atom stereocenters. The Hall–Kier alpha value is -2.54. The molecule has 2 amide bonds. The van der Waals surface area contributed by atoms with Crippen LogP contribution < -0.4 is 10.6 Å². The van der Waals surface area contributed by atoms with Crippen molar-refractivity contribution in [3.8, 4) is 0 Å². The van der Waals surface area contributed by atoms with Gasteiger partial charge < -0.3 is 10.6 Å². The first-order valence-electron chi connectivity index (χ1n) is 7.58. The molecule has 2 rings (SSSR count). The molecule has 0 aliphatic carbocycles. The molecule has 1 atom stereocenters. The number of nitrogens with one attached hydrogen (secondary N) is 2. The van der Waals surface area contributed by atoms with Gasteiger partial charge in [-0.25, -0.2) is 4.98 Å². The van der Waals surface area contributed by atoms with Crippen LogP contribution in [0.5, 0.6) is 0 Å². The van der Waals surface area contributed by atoms with Crippen LogP contribution in [0.2, 0.25) is 0 Å². The van der Waals surface area contributed by atoms with Gasteiger partial charge in [0.05, 0.1) is 0 Å². The molecular weight excluding hydrogens is 326 g/mol. The van der Waals surface area contributed by atoms with E-state index >= 15 is 0 Å². The normalized spacial score (nSPS) is 11.8. The summed E-state index contributed by atoms with van der Waals surface area (Å²) in [6.45, 7) is 3.88. The van der Waals surface area contributed by atoms with Crippen LogP contribution in [0.25, 0.3) is 0 Å². The molecule has 2 N–H and O–H groups in total. The highest BCUT2D eigenvalue weighted by atomic mass is 32.1. The zero-order valence-corrected chi connectivity index (χ0v) is 14.3. The lowest BCUT2D eigenvalue weighted by atomic mass is 10.0. The zero-order chi connectivity index (χ0) is 17.5. The summed E-state index contributed by atoms with van der Waals surface area (Å²) in [4.78, 5) is 40.7. The van der Waals surface area contributed by atoms with Crippen LogP contribution in [0.15, 0.2) is 41.9 Å². The number of nitrogens with zero attached hydrogens (tertiary/aromatic N) is 1. The van der Waals surface area contributed by atoms with Crippen LogP contribution in [-0.2, 0) is 9.59 Å². The van der Waals surface area contributed by atoms with Gasteiger partial charge in [0, 0.05) is 17.1 Å². The fraction of sp³-hybridized carbons (Fsp3) is 0.294. The van der Waals surface area contributed by atoms with Crippen molar-refractivity contribution in [1.82, 2.24) is 10.3 Å². The quantitative estimate of drug-likeness (QED) is 0.596. The number of carbonyl (C=O) groups excluding carboxylic acids is 3. The van der Waals surface area contributed by atoms with Gasteiger partial charge in [-0.05, 0) is 12.3 Å². The molecule has 0 aliphatic rings. The zero-order valence-electron chi connectivity index (χ0n) is 13.5. The van der Waals surface area contributed by atoms with Crippen LogP contribution in [0.4, 0.5) is 5.13 Å². The van der Waals surface area contributed by atoms with Crippen molar-refractivity contribution in [3.05, 3.63) is 47.5 Å². The van der Waals surface area contributed by atoms with Gasteiger partial charge in [0.25, 0.3) is 5.91 Å². The smallest absolute Gasteiger partial charge is 0.293 e. The monoisotopic (exact) mass is 345 g/mol. The maximum Gasteiger partial charge on any atom is 0.293 e. The number of carbonyl (C=O) groups is 3. The predicted molar refractivity (Wildman–Crippen MR) is 92.9 cm³/mol. The van der Waals surface area contributed by atoms with E-state index in [1.54, 1.807) is 41.9 Å². The van der Waals surface area contributed by atoms with Crippen LogP contribution in [0, 0.1) is 5.92 Å². The topological polar surface area (TPSA) is 88.2 Å². The first kappa shape index (κ1) is 17.8. The number of thiazole rings is 1. The van der Waals surface area contributed by atoms with E-state index in [0.717, 1.165) is 0 Å². The second-order valence-corrected chi connectivity index (χ2v) is 6.57. The van der Waals surface area contributed by atoms with Crippen molar-refractivity contribution in [2.75, 3.05) is 5.32 Å². The summed E-state index contributed by atoms with van der Waals surface area (Å²) in [5, 5.41) is 7.39. The maximum absolute atomic E-state index is 12.4. The Balaban J connectivity index is 2.06. The summed E-state index contributed by atoms with van der Waals surface area (Å²) in [5.41, 5.74) is 0.290. The van der Waals surface area contributed by atoms with E-state index in [9.17, 15) is 14.4 Å². The molecule has 126 valence electrons. The summed E-state index contributed by atoms with van der Waals surface area (Å²) in [6.07, 6.45) is 2.00. The van der Waals surface area contributed by atoms with Crippen molar-refractivity contribution in [2.45, 2.75) is 26.3 Å². The van der Waals surface area contributed by atoms with Crippen molar-refractivity contribution >= 4 is 34.1 Å². The standard InChI is InChI=1S/C17H19N3O3S/c1-11(2)10-13(15(22)20-17-18-8-9-24-17)19-16(23)14(21)12-6-4-3-5-7-12/h3-9,11,13H,10H2,1-2H3,(H,19,23)(H,18,20,22). The Kier molecular flexibility index (Phi) is 6.20. The Bertz CT molecular complexity index is 699. The minimum absolute atomic E-state index is 0.171. The molecule has 0 saturated carbocycles. The SMILES string of the molecule is CC(C)CC(NC(=O)C(=O)c1ccccc1)C(=O)Nc1nccs1. The van der Waals surface area contributed by atoms with Gasteiger partial charge >= 0.3 is 0 Å². The molecule has 0 aliphatic heterocycles. The first-order valence-corrected chi connectivity index (χ1v) is 8.46. The molecule has 0 spiro atoms. The number of hydrogen-bond donors (Lipinski definition) is 2. The van der Waals surface area contributed by atoms with Gasteiger partial charge in [-0.3, -0.25) is 14.4 Å². The lowest BCUT2D eigenvalue weighted by molar-refractivity contribution is -0.124. The lowest BCUT2D eigenvalue weighted by Gasteiger charge is -2.19. The van der Waals surface area contributed by atoms with E-state index < -0.39 is 17.7 Å². The minimum atomic E-state index is -0.797. The van der Waals surface area contributed by atoms with Crippen molar-refractivity contribution in [3.63, 3.8) is 0 Å². The van der Waals surface area contributed by atoms with Crippen LogP contribution >= 0.6 is 11.3 Å². The third kappa shape index (κ3) is 4.99. The van der Waals surface area contributed by atoms with E-state index in [1.165, 1.54) is 11.3 Å². The van der Waals surface area contributed by atoms with Gasteiger partial charge in [-0.15, -0.1) is 11.3 Å². The fourth-order valence-corrected chi connectivity index (χ4v) is 2.66. The number of Topliss-reactive ketones (excluding diaryl/α,β-unsaturated/α-hetero) is 1. The average molecular weight is 345 g/mol. The van der Waals surface area contributed by atoms with Crippen molar-refractivity contribution in [1.29, 1.82) is 0 Å². The summed E-state index contributed by atoms with van der Waals surface area (Å²) in [6, 6.07) is 7.46. The van der Waals surface area contributed by atoms with Gasteiger partial charge in [0.2, 0.25) is 11.7 Å². The summed E-state index contributed by atoms with van der Waals surface area (Å²) in [5.74, 6) is -1.66. The molecule has 0 fully saturated rings. The van der Waals surface area contributed by atoms with E-state index in [2.05, 4.69) is 15.6 Å². The Morgan fingerprint density at radius 3 is 2.46 bits per heavy atom. The number of rotatable bonds is 7. The third-order valence-corrected chi connectivity index (χ3v) is 3.92. The van der Waals surface area contributed by atoms with Crippen LogP contribution in [0.1, 0.15) is 30.6 Å². The Labute approximate surface area is 144 Å². The molecule has 0 saturated heterocycles. The van der Waals surface area contributed by atoms with E-state index in [1.807, 2.05) is 13.8 Å². The molecule has 24 heavy (non-hydrogen) atoms. The van der Waals surface area contributed by atoms with Gasteiger partial charge in [-0.2, -0.15) is 0 Å². The third-order valence-electron chi connectivity index (χ3n) is 3.23. The molecule has 1 aromatic heterocycles. The van der Waals surface area contributed by atoms with E-state index in [0.29, 0.717) is 17.1 Å². The molecule has 0 radical (unpaired) electrons. The number of aromatic nitrogens is 1. The molecule has 0 bridgehead atoms. The number of amides is 2.